The number of ether oxygens (including phenoxy) is 1. The molecular formula is C12H22O5. The summed E-state index contributed by atoms with van der Waals surface area (Å²) in [4.78, 5) is 22.3. The van der Waals surface area contributed by atoms with Crippen molar-refractivity contribution in [1.82, 2.24) is 0 Å². The summed E-state index contributed by atoms with van der Waals surface area (Å²) in [6.45, 7) is 6.92. The molecule has 2 unspecified atom stereocenters. The minimum Gasteiger partial charge on any atom is -0.481 e. The molecule has 0 rings (SSSR count). The summed E-state index contributed by atoms with van der Waals surface area (Å²) in [6, 6.07) is 0. The van der Waals surface area contributed by atoms with Crippen LogP contribution in [-0.2, 0) is 14.3 Å². The van der Waals surface area contributed by atoms with E-state index in [1.165, 1.54) is 0 Å². The molecule has 0 aromatic heterocycles. The zero-order valence-electron chi connectivity index (χ0n) is 10.9. The summed E-state index contributed by atoms with van der Waals surface area (Å²) in [7, 11) is 0. The van der Waals surface area contributed by atoms with Crippen molar-refractivity contribution in [2.75, 3.05) is 0 Å². The van der Waals surface area contributed by atoms with E-state index in [0.29, 0.717) is 6.42 Å². The van der Waals surface area contributed by atoms with Crippen LogP contribution < -0.4 is 0 Å². The molecular weight excluding hydrogens is 224 g/mol. The van der Waals surface area contributed by atoms with Crippen LogP contribution in [0.4, 0.5) is 0 Å². The van der Waals surface area contributed by atoms with Crippen LogP contribution in [-0.4, -0.2) is 33.9 Å². The van der Waals surface area contributed by atoms with Gasteiger partial charge in [0, 0.05) is 6.42 Å². The summed E-state index contributed by atoms with van der Waals surface area (Å²) < 4.78 is 5.47. The van der Waals surface area contributed by atoms with Gasteiger partial charge in [0.1, 0.15) is 0 Å². The average molecular weight is 246 g/mol. The molecule has 0 radical (unpaired) electrons. The lowest BCUT2D eigenvalue weighted by molar-refractivity contribution is -0.177. The summed E-state index contributed by atoms with van der Waals surface area (Å²) >= 11 is 0. The summed E-state index contributed by atoms with van der Waals surface area (Å²) in [5.74, 6) is -2.75. The molecule has 0 heterocycles. The molecule has 0 spiro atoms. The van der Waals surface area contributed by atoms with E-state index in [1.807, 2.05) is 0 Å². The second-order valence-corrected chi connectivity index (χ2v) is 4.47. The molecule has 17 heavy (non-hydrogen) atoms. The second-order valence-electron chi connectivity index (χ2n) is 4.47. The highest BCUT2D eigenvalue weighted by Gasteiger charge is 2.42. The van der Waals surface area contributed by atoms with Crippen molar-refractivity contribution in [2.45, 2.75) is 58.7 Å². The summed E-state index contributed by atoms with van der Waals surface area (Å²) in [5, 5.41) is 18.3. The van der Waals surface area contributed by atoms with Gasteiger partial charge in [0.2, 0.25) is 0 Å². The SMILES string of the molecule is CCC(CC(CC)(OC(C)C)C(=O)O)C(=O)O. The number of hydrogen-bond acceptors (Lipinski definition) is 3. The van der Waals surface area contributed by atoms with Gasteiger partial charge >= 0.3 is 11.9 Å². The average Bonchev–Trinajstić information content (AvgIpc) is 2.22. The monoisotopic (exact) mass is 246 g/mol. The first-order valence-electron chi connectivity index (χ1n) is 5.93. The van der Waals surface area contributed by atoms with E-state index < -0.39 is 23.5 Å². The quantitative estimate of drug-likeness (QED) is 0.685. The zero-order valence-corrected chi connectivity index (χ0v) is 10.9. The van der Waals surface area contributed by atoms with Crippen molar-refractivity contribution < 1.29 is 24.5 Å². The molecule has 0 aliphatic rings. The highest BCUT2D eigenvalue weighted by atomic mass is 16.5. The van der Waals surface area contributed by atoms with Gasteiger partial charge in [-0.25, -0.2) is 4.79 Å². The van der Waals surface area contributed by atoms with Gasteiger partial charge < -0.3 is 14.9 Å². The molecule has 0 saturated heterocycles. The Labute approximate surface area is 102 Å². The zero-order chi connectivity index (χ0) is 13.6. The van der Waals surface area contributed by atoms with Crippen LogP contribution >= 0.6 is 0 Å². The smallest absolute Gasteiger partial charge is 0.335 e. The maximum atomic E-state index is 11.3. The molecule has 5 heteroatoms. The Morgan fingerprint density at radius 2 is 1.76 bits per heavy atom. The van der Waals surface area contributed by atoms with E-state index in [0.717, 1.165) is 0 Å². The molecule has 0 bridgehead atoms. The van der Waals surface area contributed by atoms with Gasteiger partial charge in [0.25, 0.3) is 0 Å². The maximum Gasteiger partial charge on any atom is 0.335 e. The number of hydrogen-bond donors (Lipinski definition) is 2. The van der Waals surface area contributed by atoms with Crippen molar-refractivity contribution >= 4 is 11.9 Å². The number of aliphatic carboxylic acids is 2. The molecule has 5 nitrogen and oxygen atoms in total. The fourth-order valence-corrected chi connectivity index (χ4v) is 1.82. The minimum atomic E-state index is -1.40. The number of carboxylic acids is 2. The van der Waals surface area contributed by atoms with Crippen molar-refractivity contribution in [2.24, 2.45) is 5.92 Å². The Morgan fingerprint density at radius 3 is 2.00 bits per heavy atom. The molecule has 0 saturated carbocycles. The van der Waals surface area contributed by atoms with E-state index in [2.05, 4.69) is 0 Å². The lowest BCUT2D eigenvalue weighted by Crippen LogP contribution is -2.45. The van der Waals surface area contributed by atoms with Crippen LogP contribution in [0.15, 0.2) is 0 Å². The van der Waals surface area contributed by atoms with Crippen LogP contribution in [0.1, 0.15) is 47.0 Å². The predicted octanol–water partition coefficient (Wildman–Crippen LogP) is 2.15. The topological polar surface area (TPSA) is 83.8 Å². The molecule has 0 aliphatic heterocycles. The predicted molar refractivity (Wildman–Crippen MR) is 62.9 cm³/mol. The lowest BCUT2D eigenvalue weighted by Gasteiger charge is -2.32. The van der Waals surface area contributed by atoms with Gasteiger partial charge in [-0.3, -0.25) is 4.79 Å². The molecule has 0 amide bonds. The Hall–Kier alpha value is -1.10. The Morgan fingerprint density at radius 1 is 1.24 bits per heavy atom. The van der Waals surface area contributed by atoms with Crippen molar-refractivity contribution in [3.8, 4) is 0 Å². The number of carboxylic acid groups (broad SMARTS) is 2. The minimum absolute atomic E-state index is 0.00282. The first kappa shape index (κ1) is 15.9. The standard InChI is InChI=1S/C12H22O5/c1-5-9(10(13)14)7-12(6-2,11(15)16)17-8(3)4/h8-9H,5-7H2,1-4H3,(H,13,14)(H,15,16). The molecule has 2 N–H and O–H groups in total. The van der Waals surface area contributed by atoms with E-state index in [4.69, 9.17) is 9.84 Å². The second kappa shape index (κ2) is 6.59. The van der Waals surface area contributed by atoms with Gasteiger partial charge in [0.15, 0.2) is 5.60 Å². The third-order valence-corrected chi connectivity index (χ3v) is 2.84. The van der Waals surface area contributed by atoms with Crippen LogP contribution in [0.2, 0.25) is 0 Å². The summed E-state index contributed by atoms with van der Waals surface area (Å²) in [5.41, 5.74) is -1.40. The van der Waals surface area contributed by atoms with E-state index >= 15 is 0 Å². The van der Waals surface area contributed by atoms with Crippen LogP contribution in [0, 0.1) is 5.92 Å². The van der Waals surface area contributed by atoms with Crippen molar-refractivity contribution in [3.63, 3.8) is 0 Å². The highest BCUT2D eigenvalue weighted by Crippen LogP contribution is 2.29. The van der Waals surface area contributed by atoms with E-state index in [9.17, 15) is 14.7 Å². The van der Waals surface area contributed by atoms with Gasteiger partial charge in [-0.05, 0) is 26.7 Å². The fraction of sp³-hybridized carbons (Fsp3) is 0.833. The molecule has 0 fully saturated rings. The Bertz CT molecular complexity index is 274. The molecule has 0 aromatic rings. The molecule has 100 valence electrons. The third kappa shape index (κ3) is 4.34. The lowest BCUT2D eigenvalue weighted by atomic mass is 9.86. The van der Waals surface area contributed by atoms with Crippen molar-refractivity contribution in [3.05, 3.63) is 0 Å². The number of rotatable bonds is 8. The van der Waals surface area contributed by atoms with Crippen LogP contribution in [0.25, 0.3) is 0 Å². The van der Waals surface area contributed by atoms with Gasteiger partial charge in [-0.2, -0.15) is 0 Å². The maximum absolute atomic E-state index is 11.3. The number of carbonyl (C=O) groups is 2. The van der Waals surface area contributed by atoms with E-state index in [-0.39, 0.29) is 18.9 Å². The van der Waals surface area contributed by atoms with Gasteiger partial charge in [0.05, 0.1) is 12.0 Å². The Kier molecular flexibility index (Phi) is 6.16. The normalized spacial score (nSPS) is 16.5. The fourth-order valence-electron chi connectivity index (χ4n) is 1.82. The first-order valence-corrected chi connectivity index (χ1v) is 5.93. The van der Waals surface area contributed by atoms with E-state index in [1.54, 1.807) is 27.7 Å². The van der Waals surface area contributed by atoms with Gasteiger partial charge in [-0.15, -0.1) is 0 Å². The van der Waals surface area contributed by atoms with Crippen LogP contribution in [0.3, 0.4) is 0 Å². The summed E-state index contributed by atoms with van der Waals surface area (Å²) in [6.07, 6.45) is 0.399. The van der Waals surface area contributed by atoms with Gasteiger partial charge in [-0.1, -0.05) is 13.8 Å². The van der Waals surface area contributed by atoms with Crippen LogP contribution in [0.5, 0.6) is 0 Å². The first-order chi connectivity index (χ1) is 7.79. The largest absolute Gasteiger partial charge is 0.481 e. The Balaban J connectivity index is 5.03. The van der Waals surface area contributed by atoms with Crippen molar-refractivity contribution in [1.29, 1.82) is 0 Å². The molecule has 0 aliphatic carbocycles. The molecule has 2 atom stereocenters. The molecule has 0 aromatic carbocycles. The third-order valence-electron chi connectivity index (χ3n) is 2.84. The highest BCUT2D eigenvalue weighted by molar-refractivity contribution is 5.79.